The molecule has 0 fully saturated rings. The van der Waals surface area contributed by atoms with Crippen molar-refractivity contribution in [1.82, 2.24) is 35.0 Å². The number of anilines is 1. The van der Waals surface area contributed by atoms with Crippen LogP contribution < -0.4 is 5.73 Å². The van der Waals surface area contributed by atoms with Crippen molar-refractivity contribution < 1.29 is 0 Å². The Morgan fingerprint density at radius 3 is 3.15 bits per heavy atom. The first-order valence-corrected chi connectivity index (χ1v) is 6.56. The molecule has 9 heteroatoms. The fourth-order valence-corrected chi connectivity index (χ4v) is 2.71. The van der Waals surface area contributed by atoms with Gasteiger partial charge in [0.15, 0.2) is 10.8 Å². The Labute approximate surface area is 116 Å². The summed E-state index contributed by atoms with van der Waals surface area (Å²) >= 11 is 1.40. The molecule has 8 nitrogen and oxygen atoms in total. The topological polar surface area (TPSA) is 111 Å². The first kappa shape index (κ1) is 11.2. The third-order valence-corrected chi connectivity index (χ3v) is 3.64. The summed E-state index contributed by atoms with van der Waals surface area (Å²) < 4.78 is 1.61. The fourth-order valence-electron chi connectivity index (χ4n) is 1.87. The largest absolute Gasteiger partial charge is 0.399 e. The number of nitrogens with one attached hydrogen (secondary N) is 1. The lowest BCUT2D eigenvalue weighted by molar-refractivity contribution is 0.764. The molecule has 3 aromatic heterocycles. The molecule has 4 aromatic rings. The van der Waals surface area contributed by atoms with Gasteiger partial charge in [0.2, 0.25) is 0 Å². The van der Waals surface area contributed by atoms with Crippen molar-refractivity contribution in [1.29, 1.82) is 0 Å². The van der Waals surface area contributed by atoms with Gasteiger partial charge in [-0.3, -0.25) is 4.98 Å². The average molecular weight is 284 g/mol. The van der Waals surface area contributed by atoms with Crippen LogP contribution in [-0.4, -0.2) is 35.0 Å². The molecule has 1 aromatic carbocycles. The zero-order chi connectivity index (χ0) is 13.5. The van der Waals surface area contributed by atoms with E-state index in [-0.39, 0.29) is 0 Å². The van der Waals surface area contributed by atoms with E-state index in [1.54, 1.807) is 16.9 Å². The van der Waals surface area contributed by atoms with Crippen LogP contribution in [0.4, 0.5) is 5.69 Å². The van der Waals surface area contributed by atoms with E-state index < -0.39 is 0 Å². The van der Waals surface area contributed by atoms with Crippen LogP contribution in [0.3, 0.4) is 0 Å². The van der Waals surface area contributed by atoms with Gasteiger partial charge in [-0.1, -0.05) is 0 Å². The number of fused-ring (bicyclic) bond motifs is 2. The monoisotopic (exact) mass is 284 g/mol. The average Bonchev–Trinajstić information content (AvgIpc) is 3.04. The van der Waals surface area contributed by atoms with Crippen molar-refractivity contribution in [2.75, 3.05) is 5.73 Å². The minimum absolute atomic E-state index is 0.593. The van der Waals surface area contributed by atoms with Crippen molar-refractivity contribution in [2.24, 2.45) is 0 Å². The lowest BCUT2D eigenvalue weighted by atomic mass is 10.3. The number of nitrogens with two attached hydrogens (primary N) is 1. The summed E-state index contributed by atoms with van der Waals surface area (Å²) in [6.07, 6.45) is 3.29. The molecule has 0 atom stereocenters. The molecule has 0 saturated heterocycles. The van der Waals surface area contributed by atoms with Crippen LogP contribution in [-0.2, 0) is 0 Å². The highest BCUT2D eigenvalue weighted by Gasteiger charge is 2.09. The van der Waals surface area contributed by atoms with Gasteiger partial charge in [0.1, 0.15) is 5.03 Å². The molecular weight excluding hydrogens is 276 g/mol. The quantitative estimate of drug-likeness (QED) is 0.531. The zero-order valence-electron chi connectivity index (χ0n) is 10.1. The maximum atomic E-state index is 5.75. The van der Waals surface area contributed by atoms with E-state index in [4.69, 9.17) is 5.73 Å². The summed E-state index contributed by atoms with van der Waals surface area (Å²) in [4.78, 5) is 11.8. The molecule has 0 aliphatic carbocycles. The molecule has 0 spiro atoms. The number of hydrogen-bond acceptors (Lipinski definition) is 7. The van der Waals surface area contributed by atoms with Crippen LogP contribution in [0.1, 0.15) is 0 Å². The lowest BCUT2D eigenvalue weighted by Crippen LogP contribution is -1.94. The Kier molecular flexibility index (Phi) is 2.33. The van der Waals surface area contributed by atoms with Crippen LogP contribution >= 0.6 is 11.8 Å². The van der Waals surface area contributed by atoms with E-state index in [0.29, 0.717) is 11.3 Å². The molecule has 4 rings (SSSR count). The minimum atomic E-state index is 0.593. The molecular formula is C11H8N8S. The number of nitrogen functional groups attached to an aromatic ring is 1. The van der Waals surface area contributed by atoms with Crippen LogP contribution in [0.2, 0.25) is 0 Å². The molecule has 98 valence electrons. The Hall–Kier alpha value is -2.68. The molecule has 0 unspecified atom stereocenters. The maximum Gasteiger partial charge on any atom is 0.198 e. The Morgan fingerprint density at radius 2 is 2.20 bits per heavy atom. The zero-order valence-corrected chi connectivity index (χ0v) is 10.9. The summed E-state index contributed by atoms with van der Waals surface area (Å²) in [5.74, 6) is 0. The normalized spacial score (nSPS) is 11.4. The molecule has 20 heavy (non-hydrogen) atoms. The van der Waals surface area contributed by atoms with Gasteiger partial charge in [0, 0.05) is 5.69 Å². The van der Waals surface area contributed by atoms with Crippen molar-refractivity contribution in [2.45, 2.75) is 10.2 Å². The number of aromatic amines is 1. The summed E-state index contributed by atoms with van der Waals surface area (Å²) in [5.41, 5.74) is 8.79. The third-order valence-electron chi connectivity index (χ3n) is 2.76. The van der Waals surface area contributed by atoms with E-state index in [9.17, 15) is 0 Å². The highest BCUT2D eigenvalue weighted by Crippen LogP contribution is 2.27. The first-order valence-electron chi connectivity index (χ1n) is 5.75. The summed E-state index contributed by atoms with van der Waals surface area (Å²) in [7, 11) is 0. The van der Waals surface area contributed by atoms with Gasteiger partial charge < -0.3 is 10.7 Å². The van der Waals surface area contributed by atoms with Gasteiger partial charge >= 0.3 is 0 Å². The van der Waals surface area contributed by atoms with Gasteiger partial charge in [-0.05, 0) is 40.4 Å². The number of nitrogens with zero attached hydrogens (tertiary/aromatic N) is 6. The van der Waals surface area contributed by atoms with Crippen LogP contribution in [0, 0.1) is 0 Å². The van der Waals surface area contributed by atoms with Gasteiger partial charge in [0.05, 0.1) is 23.4 Å². The third kappa shape index (κ3) is 1.75. The number of aromatic nitrogens is 7. The predicted octanol–water partition coefficient (Wildman–Crippen LogP) is 1.13. The lowest BCUT2D eigenvalue weighted by Gasteiger charge is -1.98. The molecule has 3 N–H and O–H groups in total. The number of H-pyrrole nitrogens is 1. The van der Waals surface area contributed by atoms with E-state index >= 15 is 0 Å². The van der Waals surface area contributed by atoms with Crippen molar-refractivity contribution >= 4 is 34.1 Å². The highest BCUT2D eigenvalue weighted by atomic mass is 32.2. The van der Waals surface area contributed by atoms with Crippen molar-refractivity contribution in [3.63, 3.8) is 0 Å². The summed E-state index contributed by atoms with van der Waals surface area (Å²) in [5, 5.41) is 12.9. The molecule has 0 aliphatic heterocycles. The van der Waals surface area contributed by atoms with Crippen molar-refractivity contribution in [3.8, 4) is 0 Å². The molecule has 0 radical (unpaired) electrons. The molecule has 3 heterocycles. The Bertz CT molecular complexity index is 911. The molecule has 0 saturated carbocycles. The second-order valence-electron chi connectivity index (χ2n) is 4.11. The van der Waals surface area contributed by atoms with E-state index in [1.807, 2.05) is 18.2 Å². The summed E-state index contributed by atoms with van der Waals surface area (Å²) in [6.45, 7) is 0. The number of rotatable bonds is 2. The second kappa shape index (κ2) is 4.17. The second-order valence-corrected chi connectivity index (χ2v) is 5.12. The standard InChI is InChI=1S/C11H8N8S/c12-6-1-2-7-8(3-6)15-11(14-7)20-10-5-13-4-9-16-17-18-19(9)10/h1-5H,12H2,(H,14,15). The van der Waals surface area contributed by atoms with Gasteiger partial charge in [-0.15, -0.1) is 5.10 Å². The number of hydrogen-bond donors (Lipinski definition) is 2. The van der Waals surface area contributed by atoms with E-state index in [1.165, 1.54) is 11.8 Å². The van der Waals surface area contributed by atoms with E-state index in [0.717, 1.165) is 21.2 Å². The van der Waals surface area contributed by atoms with Gasteiger partial charge in [-0.25, -0.2) is 4.98 Å². The van der Waals surface area contributed by atoms with Gasteiger partial charge in [-0.2, -0.15) is 4.52 Å². The Balaban J connectivity index is 1.78. The Morgan fingerprint density at radius 1 is 1.25 bits per heavy atom. The van der Waals surface area contributed by atoms with Crippen molar-refractivity contribution in [3.05, 3.63) is 30.6 Å². The fraction of sp³-hybridized carbons (Fsp3) is 0. The van der Waals surface area contributed by atoms with Crippen LogP contribution in [0.25, 0.3) is 16.7 Å². The van der Waals surface area contributed by atoms with E-state index in [2.05, 4.69) is 30.5 Å². The summed E-state index contributed by atoms with van der Waals surface area (Å²) in [6, 6.07) is 5.55. The number of tetrazole rings is 1. The molecule has 0 aliphatic rings. The molecule has 0 bridgehead atoms. The highest BCUT2D eigenvalue weighted by molar-refractivity contribution is 7.99. The minimum Gasteiger partial charge on any atom is -0.399 e. The van der Waals surface area contributed by atoms with Crippen LogP contribution in [0.5, 0.6) is 0 Å². The first-order chi connectivity index (χ1) is 9.79. The van der Waals surface area contributed by atoms with Crippen LogP contribution in [0.15, 0.2) is 40.8 Å². The molecule has 0 amide bonds. The van der Waals surface area contributed by atoms with Gasteiger partial charge in [0.25, 0.3) is 0 Å². The smallest absolute Gasteiger partial charge is 0.198 e. The number of imidazole rings is 1. The predicted molar refractivity (Wildman–Crippen MR) is 73.2 cm³/mol. The maximum absolute atomic E-state index is 5.75. The number of benzene rings is 1. The SMILES string of the molecule is Nc1ccc2nc(Sc3cncc4nnnn34)[nH]c2c1.